The molecule has 1 saturated carbocycles. The zero-order valence-corrected chi connectivity index (χ0v) is 17.0. The molecule has 0 spiro atoms. The molecular formula is C18H25F2O3Y-. The van der Waals surface area contributed by atoms with Crippen LogP contribution in [0.25, 0.3) is 0 Å². The van der Waals surface area contributed by atoms with Crippen molar-refractivity contribution in [2.75, 3.05) is 13.2 Å². The number of alkyl halides is 2. The van der Waals surface area contributed by atoms with Crippen molar-refractivity contribution >= 4 is 0 Å². The maximum Gasteiger partial charge on any atom is 0.399 e. The van der Waals surface area contributed by atoms with Crippen LogP contribution in [0.5, 0.6) is 0 Å². The molecule has 1 saturated heterocycles. The Bertz CT molecular complexity index is 438. The number of hydrogen-bond acceptors (Lipinski definition) is 3. The molecule has 0 bridgehead atoms. The van der Waals surface area contributed by atoms with Gasteiger partial charge < -0.3 is 14.2 Å². The first-order valence-corrected chi connectivity index (χ1v) is 8.10. The van der Waals surface area contributed by atoms with E-state index in [1.807, 2.05) is 0 Å². The Balaban J connectivity index is 0.00000288. The third-order valence-electron chi connectivity index (χ3n) is 4.38. The average molecular weight is 416 g/mol. The number of halogens is 2. The Kier molecular flexibility index (Phi) is 9.28. The second kappa shape index (κ2) is 10.1. The summed E-state index contributed by atoms with van der Waals surface area (Å²) >= 11 is 0. The van der Waals surface area contributed by atoms with Crippen molar-refractivity contribution in [3.63, 3.8) is 0 Å². The van der Waals surface area contributed by atoms with Crippen molar-refractivity contribution in [3.8, 4) is 0 Å². The fourth-order valence-corrected chi connectivity index (χ4v) is 3.06. The summed E-state index contributed by atoms with van der Waals surface area (Å²) in [6, 6.07) is 0. The van der Waals surface area contributed by atoms with Crippen LogP contribution in [-0.4, -0.2) is 25.6 Å². The normalized spacial score (nSPS) is 31.3. The van der Waals surface area contributed by atoms with Gasteiger partial charge in [0.1, 0.15) is 0 Å². The van der Waals surface area contributed by atoms with Gasteiger partial charge in [0.25, 0.3) is 0 Å². The molecule has 3 nitrogen and oxygen atoms in total. The summed E-state index contributed by atoms with van der Waals surface area (Å²) in [6.45, 7) is 10.2. The zero-order chi connectivity index (χ0) is 16.9. The molecule has 2 fully saturated rings. The van der Waals surface area contributed by atoms with E-state index in [-0.39, 0.29) is 50.7 Å². The second-order valence-corrected chi connectivity index (χ2v) is 6.42. The summed E-state index contributed by atoms with van der Waals surface area (Å²) in [5, 5.41) is 0. The third-order valence-corrected chi connectivity index (χ3v) is 4.38. The van der Waals surface area contributed by atoms with Crippen molar-refractivity contribution in [2.24, 2.45) is 17.8 Å². The van der Waals surface area contributed by atoms with Gasteiger partial charge >= 0.3 is 6.11 Å². The smallest absolute Gasteiger partial charge is 0.399 e. The summed E-state index contributed by atoms with van der Waals surface area (Å²) in [7, 11) is 0. The second-order valence-electron chi connectivity index (χ2n) is 6.42. The maximum atomic E-state index is 14.2. The van der Waals surface area contributed by atoms with Crippen LogP contribution in [0.1, 0.15) is 32.6 Å². The minimum absolute atomic E-state index is 0. The van der Waals surface area contributed by atoms with E-state index in [1.54, 1.807) is 0 Å². The Labute approximate surface area is 168 Å². The van der Waals surface area contributed by atoms with Gasteiger partial charge in [-0.1, -0.05) is 13.5 Å². The molecule has 133 valence electrons. The molecule has 2 aliphatic rings. The van der Waals surface area contributed by atoms with Crippen LogP contribution in [-0.2, 0) is 46.9 Å². The van der Waals surface area contributed by atoms with Gasteiger partial charge in [-0.3, -0.25) is 6.08 Å². The first kappa shape index (κ1) is 21.9. The molecule has 1 heterocycles. The van der Waals surface area contributed by atoms with Gasteiger partial charge in [0.2, 0.25) is 0 Å². The predicted molar refractivity (Wildman–Crippen MR) is 83.5 cm³/mol. The maximum absolute atomic E-state index is 14.2. The summed E-state index contributed by atoms with van der Waals surface area (Å²) < 4.78 is 44.5. The minimum Gasteiger partial charge on any atom is -0.453 e. The van der Waals surface area contributed by atoms with Gasteiger partial charge in [0.05, 0.1) is 19.1 Å². The first-order valence-electron chi connectivity index (χ1n) is 8.10. The fourth-order valence-electron chi connectivity index (χ4n) is 3.06. The van der Waals surface area contributed by atoms with Crippen LogP contribution in [0.3, 0.4) is 0 Å². The minimum atomic E-state index is -3.21. The molecule has 6 heteroatoms. The standard InChI is InChI=1S/C18H25F2O3.Y/c1-4-5-6-14(3)23-18(19,20)16-9-7-15(8-10-16)17-21-11-13(2)12-22-17;/h5-6,13,15-17H,1,3,7-12H2,2H3;/q-1;/b6-5-;. The molecule has 1 aliphatic carbocycles. The van der Waals surface area contributed by atoms with Crippen molar-refractivity contribution < 1.29 is 55.7 Å². The Morgan fingerprint density at radius 3 is 2.33 bits per heavy atom. The number of rotatable bonds is 6. The van der Waals surface area contributed by atoms with Crippen molar-refractivity contribution in [3.05, 3.63) is 37.1 Å². The molecule has 0 N–H and O–H groups in total. The Morgan fingerprint density at radius 2 is 1.79 bits per heavy atom. The van der Waals surface area contributed by atoms with Gasteiger partial charge in [0, 0.05) is 50.3 Å². The van der Waals surface area contributed by atoms with Crippen LogP contribution in [0.15, 0.2) is 31.1 Å². The summed E-state index contributed by atoms with van der Waals surface area (Å²) in [4.78, 5) is 0. The predicted octanol–water partition coefficient (Wildman–Crippen LogP) is 4.47. The Morgan fingerprint density at radius 1 is 1.21 bits per heavy atom. The van der Waals surface area contributed by atoms with E-state index in [0.717, 1.165) is 0 Å². The molecule has 1 aliphatic heterocycles. The molecule has 0 atom stereocenters. The molecule has 0 aromatic rings. The van der Waals surface area contributed by atoms with Crippen LogP contribution in [0.2, 0.25) is 0 Å². The molecule has 0 aromatic heterocycles. The number of hydrogen-bond donors (Lipinski definition) is 0. The van der Waals surface area contributed by atoms with Crippen LogP contribution in [0.4, 0.5) is 8.78 Å². The topological polar surface area (TPSA) is 27.7 Å². The molecule has 2 rings (SSSR count). The van der Waals surface area contributed by atoms with E-state index in [9.17, 15) is 8.78 Å². The quantitative estimate of drug-likeness (QED) is 0.363. The van der Waals surface area contributed by atoms with E-state index in [0.29, 0.717) is 44.8 Å². The number of allylic oxidation sites excluding steroid dienone is 3. The van der Waals surface area contributed by atoms with Crippen LogP contribution < -0.4 is 0 Å². The van der Waals surface area contributed by atoms with Gasteiger partial charge in [-0.05, 0) is 25.7 Å². The molecule has 0 unspecified atom stereocenters. The van der Waals surface area contributed by atoms with E-state index in [2.05, 4.69) is 26.2 Å². The summed E-state index contributed by atoms with van der Waals surface area (Å²) in [6.07, 6.45) is 3.83. The van der Waals surface area contributed by atoms with Gasteiger partial charge in [-0.15, -0.1) is 0 Å². The Hall–Kier alpha value is -0.0961. The van der Waals surface area contributed by atoms with Crippen molar-refractivity contribution in [2.45, 2.75) is 45.0 Å². The number of ether oxygens (including phenoxy) is 3. The van der Waals surface area contributed by atoms with Crippen LogP contribution >= 0.6 is 0 Å². The van der Waals surface area contributed by atoms with E-state index in [1.165, 1.54) is 12.2 Å². The van der Waals surface area contributed by atoms with Gasteiger partial charge in [-0.25, -0.2) is 6.08 Å². The largest absolute Gasteiger partial charge is 0.453 e. The third kappa shape index (κ3) is 6.32. The monoisotopic (exact) mass is 416 g/mol. The summed E-state index contributed by atoms with van der Waals surface area (Å²) in [5.41, 5.74) is 0. The van der Waals surface area contributed by atoms with E-state index >= 15 is 0 Å². The average Bonchev–Trinajstić information content (AvgIpc) is 2.53. The molecular weight excluding hydrogens is 391 g/mol. The van der Waals surface area contributed by atoms with Crippen LogP contribution in [0, 0.1) is 23.8 Å². The first-order chi connectivity index (χ1) is 10.9. The fraction of sp³-hybridized carbons (Fsp3) is 0.667. The SMILES string of the molecule is C=[C-]/C=C\C(=C)OC(F)(F)C1CCC(C2OCC(C)CO2)CC1.[Y]. The molecule has 0 aromatic carbocycles. The molecule has 24 heavy (non-hydrogen) atoms. The molecule has 0 amide bonds. The summed E-state index contributed by atoms with van der Waals surface area (Å²) in [5.74, 6) is -0.305. The molecule has 1 radical (unpaired) electrons. The van der Waals surface area contributed by atoms with Gasteiger partial charge in [-0.2, -0.15) is 21.4 Å². The van der Waals surface area contributed by atoms with Crippen molar-refractivity contribution in [1.29, 1.82) is 0 Å². The van der Waals surface area contributed by atoms with E-state index < -0.39 is 12.0 Å². The zero-order valence-electron chi connectivity index (χ0n) is 14.2. The van der Waals surface area contributed by atoms with Crippen molar-refractivity contribution in [1.82, 2.24) is 0 Å². The van der Waals surface area contributed by atoms with Gasteiger partial charge in [0.15, 0.2) is 6.29 Å². The van der Waals surface area contributed by atoms with E-state index in [4.69, 9.17) is 14.2 Å².